The molecular weight excluding hydrogens is 793 g/mol. The largest absolute Gasteiger partial charge is 0.462 e. The van der Waals surface area contributed by atoms with Crippen LogP contribution in [0, 0.1) is 0 Å². The normalized spacial score (nSPS) is 12.5. The van der Waals surface area contributed by atoms with E-state index in [-0.39, 0.29) is 31.1 Å². The number of rotatable bonds is 49. The maximum Gasteiger partial charge on any atom is 0.306 e. The van der Waals surface area contributed by atoms with Gasteiger partial charge in [-0.1, -0.05) is 236 Å². The lowest BCUT2D eigenvalue weighted by Crippen LogP contribution is -2.30. The zero-order chi connectivity index (χ0) is 46.5. The van der Waals surface area contributed by atoms with Crippen LogP contribution in [0.25, 0.3) is 0 Å². The molecule has 0 bridgehead atoms. The van der Waals surface area contributed by atoms with Crippen molar-refractivity contribution in [3.05, 3.63) is 60.8 Å². The molecule has 0 heterocycles. The fourth-order valence-corrected chi connectivity index (χ4v) is 7.67. The maximum atomic E-state index is 12.8. The molecule has 0 aromatic heterocycles. The Morgan fingerprint density at radius 2 is 0.641 bits per heavy atom. The highest BCUT2D eigenvalue weighted by molar-refractivity contribution is 5.71. The summed E-state index contributed by atoms with van der Waals surface area (Å²) in [5.41, 5.74) is 0. The van der Waals surface area contributed by atoms with Gasteiger partial charge in [0.2, 0.25) is 0 Å². The van der Waals surface area contributed by atoms with E-state index >= 15 is 0 Å². The molecule has 0 aliphatic rings. The first-order valence-corrected chi connectivity index (χ1v) is 27.3. The Hall–Kier alpha value is -2.89. The van der Waals surface area contributed by atoms with Gasteiger partial charge >= 0.3 is 17.9 Å². The Bertz CT molecular complexity index is 1170. The first-order valence-electron chi connectivity index (χ1n) is 27.3. The van der Waals surface area contributed by atoms with Crippen molar-refractivity contribution >= 4 is 17.9 Å². The number of hydrogen-bond donors (Lipinski definition) is 0. The summed E-state index contributed by atoms with van der Waals surface area (Å²) in [4.78, 5) is 38.0. The molecule has 0 aliphatic carbocycles. The molecule has 0 rings (SSSR count). The average molecular weight is 895 g/mol. The molecule has 6 heteroatoms. The molecule has 0 spiro atoms. The van der Waals surface area contributed by atoms with Gasteiger partial charge in [0.1, 0.15) is 13.2 Å². The summed E-state index contributed by atoms with van der Waals surface area (Å²) in [7, 11) is 0. The van der Waals surface area contributed by atoms with Crippen LogP contribution < -0.4 is 0 Å². The lowest BCUT2D eigenvalue weighted by atomic mass is 10.0. The second-order valence-electron chi connectivity index (χ2n) is 18.1. The molecule has 0 aromatic rings. The van der Waals surface area contributed by atoms with Gasteiger partial charge in [0, 0.05) is 19.3 Å². The van der Waals surface area contributed by atoms with E-state index in [0.717, 1.165) is 103 Å². The fraction of sp³-hybridized carbons (Fsp3) is 0.776. The Kier molecular flexibility index (Phi) is 50.4. The van der Waals surface area contributed by atoms with Crippen LogP contribution in [0.2, 0.25) is 0 Å². The van der Waals surface area contributed by atoms with Crippen LogP contribution in [-0.2, 0) is 28.6 Å². The number of ether oxygens (including phenoxy) is 3. The minimum absolute atomic E-state index is 0.0790. The van der Waals surface area contributed by atoms with Crippen LogP contribution in [0.4, 0.5) is 0 Å². The van der Waals surface area contributed by atoms with Gasteiger partial charge in [-0.2, -0.15) is 0 Å². The smallest absolute Gasteiger partial charge is 0.306 e. The summed E-state index contributed by atoms with van der Waals surface area (Å²) < 4.78 is 16.8. The van der Waals surface area contributed by atoms with Crippen molar-refractivity contribution in [1.29, 1.82) is 0 Å². The topological polar surface area (TPSA) is 78.9 Å². The first kappa shape index (κ1) is 61.1. The van der Waals surface area contributed by atoms with Gasteiger partial charge in [-0.05, 0) is 77.0 Å². The Morgan fingerprint density at radius 3 is 1.03 bits per heavy atom. The number of hydrogen-bond acceptors (Lipinski definition) is 6. The molecule has 0 saturated heterocycles. The molecule has 1 unspecified atom stereocenters. The van der Waals surface area contributed by atoms with Crippen LogP contribution in [0.3, 0.4) is 0 Å². The molecule has 6 nitrogen and oxygen atoms in total. The van der Waals surface area contributed by atoms with Crippen molar-refractivity contribution in [3.8, 4) is 0 Å². The second kappa shape index (κ2) is 52.7. The van der Waals surface area contributed by atoms with E-state index in [1.54, 1.807) is 0 Å². The minimum Gasteiger partial charge on any atom is -0.462 e. The zero-order valence-electron chi connectivity index (χ0n) is 42.3. The molecule has 1 atom stereocenters. The van der Waals surface area contributed by atoms with Gasteiger partial charge in [0.25, 0.3) is 0 Å². The van der Waals surface area contributed by atoms with Crippen LogP contribution >= 0.6 is 0 Å². The van der Waals surface area contributed by atoms with E-state index < -0.39 is 6.10 Å². The molecule has 0 amide bonds. The van der Waals surface area contributed by atoms with Crippen molar-refractivity contribution in [3.63, 3.8) is 0 Å². The predicted octanol–water partition coefficient (Wildman–Crippen LogP) is 18.0. The Balaban J connectivity index is 4.30. The SMILES string of the molecule is CC/C=C\C/C=C\C/C=C\C/C=C\CCCCCCCCCCC(=O)OCC(COC(=O)CCCCCCC/C=C\CCC)OC(=O)CCCCCCCCCCCCCCCCC. The van der Waals surface area contributed by atoms with Gasteiger partial charge in [-0.25, -0.2) is 0 Å². The summed E-state index contributed by atoms with van der Waals surface area (Å²) in [5.74, 6) is -0.888. The highest BCUT2D eigenvalue weighted by Crippen LogP contribution is 2.16. The van der Waals surface area contributed by atoms with Gasteiger partial charge in [0.15, 0.2) is 6.10 Å². The van der Waals surface area contributed by atoms with E-state index in [2.05, 4.69) is 81.5 Å². The molecule has 0 saturated carbocycles. The lowest BCUT2D eigenvalue weighted by Gasteiger charge is -2.18. The zero-order valence-corrected chi connectivity index (χ0v) is 42.3. The summed E-state index contributed by atoms with van der Waals surface area (Å²) >= 11 is 0. The fourth-order valence-electron chi connectivity index (χ4n) is 7.67. The summed E-state index contributed by atoms with van der Waals surface area (Å²) in [6.07, 6.45) is 65.0. The molecule has 0 fully saturated rings. The van der Waals surface area contributed by atoms with Crippen molar-refractivity contribution in [2.75, 3.05) is 13.2 Å². The lowest BCUT2D eigenvalue weighted by molar-refractivity contribution is -0.167. The van der Waals surface area contributed by atoms with Crippen LogP contribution in [0.15, 0.2) is 60.8 Å². The van der Waals surface area contributed by atoms with Crippen molar-refractivity contribution in [2.24, 2.45) is 0 Å². The third-order valence-corrected chi connectivity index (χ3v) is 11.7. The van der Waals surface area contributed by atoms with E-state index in [9.17, 15) is 14.4 Å². The standard InChI is InChI=1S/C58H102O6/c1-4-7-10-13-16-19-22-24-26-27-28-29-30-31-33-34-36-39-42-45-48-51-57(60)63-54-55(53-62-56(59)50-47-44-41-38-21-18-15-12-9-6-3)64-58(61)52-49-46-43-40-37-35-32-25-23-20-17-14-11-8-5-2/h7,10,12,15-16,19,24,26,28-29,55H,4-6,8-9,11,13-14,17-18,20-23,25,27,30-54H2,1-3H3/b10-7-,15-12-,19-16-,26-24-,29-28-. The molecule has 0 aromatic carbocycles. The molecule has 64 heavy (non-hydrogen) atoms. The predicted molar refractivity (Wildman–Crippen MR) is 275 cm³/mol. The Morgan fingerprint density at radius 1 is 0.328 bits per heavy atom. The van der Waals surface area contributed by atoms with Crippen LogP contribution in [0.5, 0.6) is 0 Å². The van der Waals surface area contributed by atoms with Gasteiger partial charge in [0.05, 0.1) is 0 Å². The summed E-state index contributed by atoms with van der Waals surface area (Å²) in [6.45, 7) is 6.47. The number of esters is 3. The molecule has 0 radical (unpaired) electrons. The van der Waals surface area contributed by atoms with Crippen molar-refractivity contribution in [2.45, 2.75) is 277 Å². The van der Waals surface area contributed by atoms with Crippen LogP contribution in [-0.4, -0.2) is 37.2 Å². The number of unbranched alkanes of at least 4 members (excludes halogenated alkanes) is 28. The molecule has 0 aliphatic heterocycles. The van der Waals surface area contributed by atoms with Crippen molar-refractivity contribution in [1.82, 2.24) is 0 Å². The van der Waals surface area contributed by atoms with Crippen LogP contribution in [0.1, 0.15) is 271 Å². The van der Waals surface area contributed by atoms with Crippen molar-refractivity contribution < 1.29 is 28.6 Å². The van der Waals surface area contributed by atoms with E-state index in [4.69, 9.17) is 14.2 Å². The number of allylic oxidation sites excluding steroid dienone is 10. The summed E-state index contributed by atoms with van der Waals surface area (Å²) in [5, 5.41) is 0. The van der Waals surface area contributed by atoms with E-state index in [0.29, 0.717) is 19.3 Å². The van der Waals surface area contributed by atoms with Gasteiger partial charge in [-0.15, -0.1) is 0 Å². The molecule has 370 valence electrons. The minimum atomic E-state index is -0.777. The third kappa shape index (κ3) is 50.1. The molecular formula is C58H102O6. The first-order chi connectivity index (χ1) is 31.5. The Labute approximate surface area is 396 Å². The van der Waals surface area contributed by atoms with E-state index in [1.807, 2.05) is 0 Å². The maximum absolute atomic E-state index is 12.8. The second-order valence-corrected chi connectivity index (χ2v) is 18.1. The number of carbonyl (C=O) groups excluding carboxylic acids is 3. The highest BCUT2D eigenvalue weighted by Gasteiger charge is 2.19. The monoisotopic (exact) mass is 895 g/mol. The summed E-state index contributed by atoms with van der Waals surface area (Å²) in [6, 6.07) is 0. The quantitative estimate of drug-likeness (QED) is 0.0262. The molecule has 0 N–H and O–H groups in total. The van der Waals surface area contributed by atoms with Gasteiger partial charge in [-0.3, -0.25) is 14.4 Å². The average Bonchev–Trinajstić information content (AvgIpc) is 3.29. The number of carbonyl (C=O) groups is 3. The third-order valence-electron chi connectivity index (χ3n) is 11.7. The van der Waals surface area contributed by atoms with E-state index in [1.165, 1.54) is 128 Å². The highest BCUT2D eigenvalue weighted by atomic mass is 16.6. The van der Waals surface area contributed by atoms with Gasteiger partial charge < -0.3 is 14.2 Å².